The monoisotopic (exact) mass is 527 g/mol. The van der Waals surface area contributed by atoms with E-state index in [0.29, 0.717) is 6.42 Å². The molecule has 2 saturated carbocycles. The van der Waals surface area contributed by atoms with Gasteiger partial charge in [-0.3, -0.25) is 9.59 Å². The van der Waals surface area contributed by atoms with Crippen LogP contribution in [0.4, 0.5) is 4.79 Å². The van der Waals surface area contributed by atoms with Gasteiger partial charge >= 0.3 is 6.09 Å². The molecule has 3 rings (SSSR count). The molecule has 1 aromatic carbocycles. The largest absolute Gasteiger partial charge is 0.444 e. The summed E-state index contributed by atoms with van der Waals surface area (Å²) in [4.78, 5) is 43.0. The van der Waals surface area contributed by atoms with E-state index in [1.165, 1.54) is 6.42 Å². The minimum Gasteiger partial charge on any atom is -0.444 e. The zero-order chi connectivity index (χ0) is 28.0. The highest BCUT2D eigenvalue weighted by Crippen LogP contribution is 2.36. The molecule has 2 aliphatic carbocycles. The maximum Gasteiger partial charge on any atom is 0.408 e. The molecule has 2 unspecified atom stereocenters. The summed E-state index contributed by atoms with van der Waals surface area (Å²) < 4.78 is 5.51. The lowest BCUT2D eigenvalue weighted by molar-refractivity contribution is -0.148. The lowest BCUT2D eigenvalue weighted by atomic mass is 9.86. The third kappa shape index (κ3) is 8.21. The molecule has 0 aromatic heterocycles. The average Bonchev–Trinajstić information content (AvgIpc) is 2.77. The molecule has 0 aliphatic heterocycles. The third-order valence-corrected chi connectivity index (χ3v) is 7.62. The first-order valence-electron chi connectivity index (χ1n) is 14.5. The Morgan fingerprint density at radius 1 is 1.00 bits per heavy atom. The van der Waals surface area contributed by atoms with Gasteiger partial charge in [-0.1, -0.05) is 56.9 Å². The number of hydrogen-bond acceptors (Lipinski definition) is 4. The quantitative estimate of drug-likeness (QED) is 0.405. The van der Waals surface area contributed by atoms with Gasteiger partial charge in [0.2, 0.25) is 11.8 Å². The number of benzene rings is 1. The van der Waals surface area contributed by atoms with Crippen molar-refractivity contribution in [3.8, 4) is 0 Å². The molecule has 0 radical (unpaired) electrons. The molecule has 0 heterocycles. The normalized spacial score (nSPS) is 18.3. The molecule has 38 heavy (non-hydrogen) atoms. The molecular formula is C31H49N3O4. The van der Waals surface area contributed by atoms with Crippen LogP contribution < -0.4 is 10.6 Å². The van der Waals surface area contributed by atoms with Gasteiger partial charge in [-0.15, -0.1) is 0 Å². The van der Waals surface area contributed by atoms with Crippen LogP contribution in [0.15, 0.2) is 18.2 Å². The molecule has 0 saturated heterocycles. The fraction of sp³-hybridized carbons (Fsp3) is 0.710. The fourth-order valence-corrected chi connectivity index (χ4v) is 5.58. The molecule has 0 bridgehead atoms. The van der Waals surface area contributed by atoms with E-state index in [0.717, 1.165) is 61.6 Å². The maximum absolute atomic E-state index is 14.4. The van der Waals surface area contributed by atoms with Gasteiger partial charge in [0.25, 0.3) is 0 Å². The Morgan fingerprint density at radius 3 is 2.18 bits per heavy atom. The molecule has 212 valence electrons. The van der Waals surface area contributed by atoms with Gasteiger partial charge in [0, 0.05) is 12.1 Å². The minimum atomic E-state index is -0.777. The third-order valence-electron chi connectivity index (χ3n) is 7.62. The smallest absolute Gasteiger partial charge is 0.408 e. The number of carbonyl (C=O) groups excluding carboxylic acids is 3. The molecule has 2 N–H and O–H groups in total. The van der Waals surface area contributed by atoms with Crippen molar-refractivity contribution in [3.05, 3.63) is 34.9 Å². The molecule has 7 heteroatoms. The predicted molar refractivity (Wildman–Crippen MR) is 151 cm³/mol. The van der Waals surface area contributed by atoms with Crippen molar-refractivity contribution >= 4 is 17.9 Å². The Balaban J connectivity index is 1.99. The van der Waals surface area contributed by atoms with Crippen LogP contribution in [-0.2, 0) is 14.3 Å². The Kier molecular flexibility index (Phi) is 10.2. The molecule has 0 spiro atoms. The lowest BCUT2D eigenvalue weighted by Crippen LogP contribution is -2.58. The number of amides is 3. The number of ether oxygens (including phenoxy) is 1. The number of rotatable bonds is 9. The number of aryl methyl sites for hydroxylation is 2. The van der Waals surface area contributed by atoms with Crippen LogP contribution in [-0.4, -0.2) is 46.5 Å². The number of carbonyl (C=O) groups is 3. The van der Waals surface area contributed by atoms with Crippen LogP contribution in [0.25, 0.3) is 0 Å². The van der Waals surface area contributed by atoms with Crippen molar-refractivity contribution in [2.24, 2.45) is 5.92 Å². The van der Waals surface area contributed by atoms with Crippen molar-refractivity contribution in [2.75, 3.05) is 0 Å². The van der Waals surface area contributed by atoms with Gasteiger partial charge in [-0.05, 0) is 90.2 Å². The van der Waals surface area contributed by atoms with Crippen LogP contribution in [0.2, 0.25) is 0 Å². The summed E-state index contributed by atoms with van der Waals surface area (Å²) >= 11 is 0. The molecule has 1 aromatic rings. The summed E-state index contributed by atoms with van der Waals surface area (Å²) in [6.45, 7) is 13.5. The van der Waals surface area contributed by atoms with Crippen LogP contribution in [0.3, 0.4) is 0 Å². The van der Waals surface area contributed by atoms with Crippen LogP contribution in [0, 0.1) is 19.8 Å². The lowest BCUT2D eigenvalue weighted by Gasteiger charge is -2.44. The van der Waals surface area contributed by atoms with Crippen molar-refractivity contribution in [1.29, 1.82) is 0 Å². The van der Waals surface area contributed by atoms with E-state index < -0.39 is 23.8 Å². The highest BCUT2D eigenvalue weighted by Gasteiger charge is 2.43. The van der Waals surface area contributed by atoms with Crippen LogP contribution in [0.1, 0.15) is 115 Å². The summed E-state index contributed by atoms with van der Waals surface area (Å²) in [5.41, 5.74) is 2.28. The number of alkyl carbamates (subject to hydrolysis) is 1. The fourth-order valence-electron chi connectivity index (χ4n) is 5.58. The van der Waals surface area contributed by atoms with Crippen LogP contribution in [0.5, 0.6) is 0 Å². The Hall–Kier alpha value is -2.57. The maximum atomic E-state index is 14.4. The van der Waals surface area contributed by atoms with Gasteiger partial charge in [-0.25, -0.2) is 4.79 Å². The first-order chi connectivity index (χ1) is 17.9. The Bertz CT molecular complexity index is 974. The zero-order valence-corrected chi connectivity index (χ0v) is 24.6. The summed E-state index contributed by atoms with van der Waals surface area (Å²) in [7, 11) is 0. The topological polar surface area (TPSA) is 87.7 Å². The van der Waals surface area contributed by atoms with Crippen LogP contribution >= 0.6 is 0 Å². The molecule has 2 atom stereocenters. The van der Waals surface area contributed by atoms with Crippen molar-refractivity contribution in [1.82, 2.24) is 15.5 Å². The van der Waals surface area contributed by atoms with E-state index in [4.69, 9.17) is 4.74 Å². The average molecular weight is 528 g/mol. The van der Waals surface area contributed by atoms with Crippen molar-refractivity contribution in [2.45, 2.75) is 136 Å². The summed E-state index contributed by atoms with van der Waals surface area (Å²) in [5, 5.41) is 6.16. The second kappa shape index (κ2) is 13.0. The van der Waals surface area contributed by atoms with Crippen molar-refractivity contribution < 1.29 is 19.1 Å². The number of nitrogens with one attached hydrogen (secondary N) is 2. The molecule has 7 nitrogen and oxygen atoms in total. The molecular weight excluding hydrogens is 478 g/mol. The van der Waals surface area contributed by atoms with E-state index in [2.05, 4.69) is 16.7 Å². The number of hydrogen-bond donors (Lipinski definition) is 2. The van der Waals surface area contributed by atoms with Gasteiger partial charge in [-0.2, -0.15) is 0 Å². The number of nitrogens with zero attached hydrogens (tertiary/aromatic N) is 1. The summed E-state index contributed by atoms with van der Waals surface area (Å²) in [6, 6.07) is 4.65. The van der Waals surface area contributed by atoms with Gasteiger partial charge in [0.05, 0.1) is 0 Å². The second-order valence-electron chi connectivity index (χ2n) is 12.8. The first kappa shape index (κ1) is 30.0. The second-order valence-corrected chi connectivity index (χ2v) is 12.8. The SMILES string of the molecule is Cc1ccc(C(C(=O)NC2CCCCC2)N(C(=O)C(CC(C)C)NC(=O)OC(C)(C)C)C2CCC2)c(C)c1. The van der Waals surface area contributed by atoms with E-state index in [1.807, 2.05) is 39.8 Å². The molecule has 2 aliphatic rings. The van der Waals surface area contributed by atoms with E-state index in [9.17, 15) is 14.4 Å². The van der Waals surface area contributed by atoms with Gasteiger partial charge in [0.15, 0.2) is 0 Å². The highest BCUT2D eigenvalue weighted by atomic mass is 16.6. The summed E-state index contributed by atoms with van der Waals surface area (Å²) in [6.07, 6.45) is 7.94. The first-order valence-corrected chi connectivity index (χ1v) is 14.5. The molecule has 3 amide bonds. The predicted octanol–water partition coefficient (Wildman–Crippen LogP) is 6.11. The van der Waals surface area contributed by atoms with E-state index in [-0.39, 0.29) is 29.8 Å². The Labute approximate surface area is 229 Å². The standard InChI is InChI=1S/C31H49N3O4/c1-20(2)18-26(33-30(37)38-31(5,6)7)29(36)34(24-14-11-15-24)27(25-17-16-21(3)19-22(25)4)28(35)32-23-12-9-8-10-13-23/h16-17,19-20,23-24,26-27H,8-15,18H2,1-7H3,(H,32,35)(H,33,37). The highest BCUT2D eigenvalue weighted by molar-refractivity contribution is 5.92. The van der Waals surface area contributed by atoms with Crippen molar-refractivity contribution in [3.63, 3.8) is 0 Å². The van der Waals surface area contributed by atoms with E-state index >= 15 is 0 Å². The van der Waals surface area contributed by atoms with Gasteiger partial charge in [0.1, 0.15) is 17.7 Å². The van der Waals surface area contributed by atoms with Gasteiger partial charge < -0.3 is 20.3 Å². The minimum absolute atomic E-state index is 0.0413. The molecule has 2 fully saturated rings. The summed E-state index contributed by atoms with van der Waals surface area (Å²) in [5.74, 6) is -0.166. The van der Waals surface area contributed by atoms with E-state index in [1.54, 1.807) is 25.7 Å². The zero-order valence-electron chi connectivity index (χ0n) is 24.6. The Morgan fingerprint density at radius 2 is 1.66 bits per heavy atom.